The largest absolute Gasteiger partial charge is 0.481 e. The Labute approximate surface area is 142 Å². The van der Waals surface area contributed by atoms with Gasteiger partial charge in [-0.3, -0.25) is 0 Å². The number of hydrogen-bond donors (Lipinski definition) is 1. The summed E-state index contributed by atoms with van der Waals surface area (Å²) in [7, 11) is 1.60. The van der Waals surface area contributed by atoms with Crippen LogP contribution in [0.2, 0.25) is 0 Å². The second-order valence-corrected chi connectivity index (χ2v) is 7.59. The van der Waals surface area contributed by atoms with Crippen LogP contribution in [0.1, 0.15) is 33.6 Å². The molecule has 2 aliphatic rings. The summed E-state index contributed by atoms with van der Waals surface area (Å²) >= 11 is 0. The van der Waals surface area contributed by atoms with Gasteiger partial charge in [0.1, 0.15) is 17.7 Å². The Bertz CT molecular complexity index is 588. The number of aromatic nitrogens is 2. The molecule has 3 rings (SSSR count). The van der Waals surface area contributed by atoms with Gasteiger partial charge in [-0.25, -0.2) is 14.8 Å². The molecule has 1 saturated heterocycles. The maximum absolute atomic E-state index is 12.1. The number of rotatable bonds is 3. The molecule has 0 radical (unpaired) electrons. The minimum Gasteiger partial charge on any atom is -0.481 e. The summed E-state index contributed by atoms with van der Waals surface area (Å²) < 4.78 is 10.6. The van der Waals surface area contributed by atoms with Gasteiger partial charge in [-0.05, 0) is 45.4 Å². The fraction of sp³-hybridized carbons (Fsp3) is 0.706. The number of ether oxygens (including phenoxy) is 2. The molecule has 1 N–H and O–H groups in total. The molecule has 1 aliphatic carbocycles. The van der Waals surface area contributed by atoms with E-state index < -0.39 is 5.60 Å². The van der Waals surface area contributed by atoms with Crippen molar-refractivity contribution in [1.82, 2.24) is 15.3 Å². The molecule has 7 heteroatoms. The minimum absolute atomic E-state index is 0.180. The lowest BCUT2D eigenvalue weighted by molar-refractivity contribution is 0.0472. The van der Waals surface area contributed by atoms with Crippen LogP contribution in [0, 0.1) is 11.8 Å². The van der Waals surface area contributed by atoms with Crippen LogP contribution in [-0.4, -0.2) is 47.9 Å². The number of nitrogens with zero attached hydrogens (tertiary/aromatic N) is 3. The van der Waals surface area contributed by atoms with Crippen LogP contribution >= 0.6 is 0 Å². The van der Waals surface area contributed by atoms with Crippen LogP contribution in [-0.2, 0) is 4.74 Å². The van der Waals surface area contributed by atoms with Crippen LogP contribution in [0.3, 0.4) is 0 Å². The minimum atomic E-state index is -0.471. The molecular weight excluding hydrogens is 308 g/mol. The third-order valence-electron chi connectivity index (χ3n) is 4.68. The van der Waals surface area contributed by atoms with E-state index in [1.807, 2.05) is 26.8 Å². The normalized spacial score (nSPS) is 26.2. The van der Waals surface area contributed by atoms with Gasteiger partial charge in [0, 0.05) is 25.2 Å². The molecule has 2 atom stereocenters. The number of anilines is 1. The average molecular weight is 334 g/mol. The summed E-state index contributed by atoms with van der Waals surface area (Å²) in [5.74, 6) is 2.28. The van der Waals surface area contributed by atoms with Gasteiger partial charge in [0.15, 0.2) is 0 Å². The van der Waals surface area contributed by atoms with Gasteiger partial charge in [0.25, 0.3) is 0 Å². The van der Waals surface area contributed by atoms with Crippen LogP contribution in [0.5, 0.6) is 5.88 Å². The van der Waals surface area contributed by atoms with E-state index in [1.165, 1.54) is 6.33 Å². The molecule has 0 aromatic carbocycles. The molecule has 0 spiro atoms. The zero-order valence-electron chi connectivity index (χ0n) is 14.8. The third-order valence-corrected chi connectivity index (χ3v) is 4.68. The van der Waals surface area contributed by atoms with E-state index in [0.717, 1.165) is 31.7 Å². The highest BCUT2D eigenvalue weighted by atomic mass is 16.6. The number of piperidine rings is 1. The second-order valence-electron chi connectivity index (χ2n) is 7.59. The molecule has 1 aromatic heterocycles. The lowest BCUT2D eigenvalue weighted by Crippen LogP contribution is -2.53. The summed E-state index contributed by atoms with van der Waals surface area (Å²) in [4.78, 5) is 22.8. The summed E-state index contributed by atoms with van der Waals surface area (Å²) in [5, 5.41) is 3.09. The van der Waals surface area contributed by atoms with Crippen LogP contribution in [0.15, 0.2) is 12.4 Å². The topological polar surface area (TPSA) is 76.6 Å². The van der Waals surface area contributed by atoms with Gasteiger partial charge < -0.3 is 19.7 Å². The summed E-state index contributed by atoms with van der Waals surface area (Å²) in [6, 6.07) is 2.04. The summed E-state index contributed by atoms with van der Waals surface area (Å²) in [5.41, 5.74) is -0.471. The Morgan fingerprint density at radius 2 is 1.92 bits per heavy atom. The number of alkyl carbamates (subject to hydrolysis) is 1. The van der Waals surface area contributed by atoms with Gasteiger partial charge in [-0.15, -0.1) is 0 Å². The molecule has 2 bridgehead atoms. The van der Waals surface area contributed by atoms with E-state index in [1.54, 1.807) is 7.11 Å². The average Bonchev–Trinajstić information content (AvgIpc) is 2.75. The van der Waals surface area contributed by atoms with Crippen molar-refractivity contribution in [2.24, 2.45) is 11.8 Å². The number of amides is 1. The molecule has 1 amide bonds. The van der Waals surface area contributed by atoms with E-state index >= 15 is 0 Å². The van der Waals surface area contributed by atoms with E-state index in [4.69, 9.17) is 9.47 Å². The molecule has 132 valence electrons. The van der Waals surface area contributed by atoms with Crippen LogP contribution in [0.4, 0.5) is 10.6 Å². The van der Waals surface area contributed by atoms with E-state index in [0.29, 0.717) is 17.7 Å². The fourth-order valence-corrected chi connectivity index (χ4v) is 3.70. The Kier molecular flexibility index (Phi) is 4.51. The predicted octanol–water partition coefficient (Wildman–Crippen LogP) is 2.22. The summed E-state index contributed by atoms with van der Waals surface area (Å²) in [6.45, 7) is 7.39. The highest BCUT2D eigenvalue weighted by Crippen LogP contribution is 2.38. The van der Waals surface area contributed by atoms with E-state index in [-0.39, 0.29) is 12.1 Å². The van der Waals surface area contributed by atoms with Crippen molar-refractivity contribution in [3.63, 3.8) is 0 Å². The molecule has 7 nitrogen and oxygen atoms in total. The number of carbonyl (C=O) groups is 1. The first-order chi connectivity index (χ1) is 11.4. The number of carbonyl (C=O) groups excluding carboxylic acids is 1. The van der Waals surface area contributed by atoms with Gasteiger partial charge in [0.2, 0.25) is 5.88 Å². The molecule has 2 heterocycles. The van der Waals surface area contributed by atoms with E-state index in [2.05, 4.69) is 20.2 Å². The van der Waals surface area contributed by atoms with Crippen LogP contribution < -0.4 is 15.0 Å². The third kappa shape index (κ3) is 3.71. The predicted molar refractivity (Wildman–Crippen MR) is 90.2 cm³/mol. The Morgan fingerprint density at radius 1 is 1.25 bits per heavy atom. The first-order valence-electron chi connectivity index (χ1n) is 8.46. The highest BCUT2D eigenvalue weighted by molar-refractivity contribution is 5.68. The molecule has 1 aromatic rings. The maximum atomic E-state index is 12.1. The summed E-state index contributed by atoms with van der Waals surface area (Å²) in [6.07, 6.45) is 3.44. The molecule has 2 unspecified atom stereocenters. The lowest BCUT2D eigenvalue weighted by Gasteiger charge is -2.39. The van der Waals surface area contributed by atoms with Gasteiger partial charge in [-0.1, -0.05) is 0 Å². The first kappa shape index (κ1) is 16.8. The zero-order valence-corrected chi connectivity index (χ0v) is 14.8. The molecular formula is C17H26N4O3. The van der Waals surface area contributed by atoms with Crippen molar-refractivity contribution in [2.75, 3.05) is 25.1 Å². The van der Waals surface area contributed by atoms with Gasteiger partial charge in [0.05, 0.1) is 7.11 Å². The SMILES string of the molecule is COc1cc(N2CC3CCC(C2)C3NC(=O)OC(C)(C)C)ncn1. The number of hydrogen-bond acceptors (Lipinski definition) is 6. The van der Waals surface area contributed by atoms with Crippen LogP contribution in [0.25, 0.3) is 0 Å². The number of nitrogens with one attached hydrogen (secondary N) is 1. The fourth-order valence-electron chi connectivity index (χ4n) is 3.70. The first-order valence-corrected chi connectivity index (χ1v) is 8.46. The van der Waals surface area contributed by atoms with Crippen molar-refractivity contribution < 1.29 is 14.3 Å². The van der Waals surface area contributed by atoms with Crippen molar-refractivity contribution in [2.45, 2.75) is 45.3 Å². The van der Waals surface area contributed by atoms with E-state index in [9.17, 15) is 4.79 Å². The lowest BCUT2D eigenvalue weighted by atomic mass is 9.92. The molecule has 24 heavy (non-hydrogen) atoms. The van der Waals surface area contributed by atoms with Crippen molar-refractivity contribution >= 4 is 11.9 Å². The van der Waals surface area contributed by atoms with Gasteiger partial charge >= 0.3 is 6.09 Å². The van der Waals surface area contributed by atoms with Gasteiger partial charge in [-0.2, -0.15) is 0 Å². The Hall–Kier alpha value is -2.05. The standard InChI is InChI=1S/C17H26N4O3/c1-17(2,3)24-16(22)20-15-11-5-6-12(15)9-21(8-11)13-7-14(23-4)19-10-18-13/h7,10-12,15H,5-6,8-9H2,1-4H3,(H,20,22). The second kappa shape index (κ2) is 6.45. The zero-order chi connectivity index (χ0) is 17.3. The number of methoxy groups -OCH3 is 1. The smallest absolute Gasteiger partial charge is 0.407 e. The number of fused-ring (bicyclic) bond motifs is 2. The Morgan fingerprint density at radius 3 is 2.50 bits per heavy atom. The van der Waals surface area contributed by atoms with Crippen molar-refractivity contribution in [1.29, 1.82) is 0 Å². The maximum Gasteiger partial charge on any atom is 0.407 e. The Balaban J connectivity index is 1.65. The molecule has 1 aliphatic heterocycles. The monoisotopic (exact) mass is 334 g/mol. The van der Waals surface area contributed by atoms with Crippen molar-refractivity contribution in [3.05, 3.63) is 12.4 Å². The quantitative estimate of drug-likeness (QED) is 0.913. The molecule has 1 saturated carbocycles. The molecule has 2 fully saturated rings. The highest BCUT2D eigenvalue weighted by Gasteiger charge is 2.43. The van der Waals surface area contributed by atoms with Crippen molar-refractivity contribution in [3.8, 4) is 5.88 Å².